The molecule has 0 aliphatic carbocycles. The zero-order valence-corrected chi connectivity index (χ0v) is 14.9. The second kappa shape index (κ2) is 9.44. The van der Waals surface area contributed by atoms with Gasteiger partial charge in [-0.1, -0.05) is 6.92 Å². The van der Waals surface area contributed by atoms with Crippen molar-refractivity contribution in [1.82, 2.24) is 15.2 Å². The van der Waals surface area contributed by atoms with Crippen molar-refractivity contribution in [2.45, 2.75) is 26.3 Å². The highest BCUT2D eigenvalue weighted by atomic mass is 16.5. The predicted octanol–water partition coefficient (Wildman–Crippen LogP) is 1.77. The van der Waals surface area contributed by atoms with Crippen LogP contribution < -0.4 is 15.5 Å². The van der Waals surface area contributed by atoms with E-state index in [2.05, 4.69) is 46.3 Å². The average Bonchev–Trinajstić information content (AvgIpc) is 2.62. The lowest BCUT2D eigenvalue weighted by Crippen LogP contribution is -2.38. The molecule has 24 heavy (non-hydrogen) atoms. The molecule has 0 spiro atoms. The lowest BCUT2D eigenvalue weighted by Gasteiger charge is -2.28. The van der Waals surface area contributed by atoms with Gasteiger partial charge in [0.2, 0.25) is 0 Å². The number of hydrogen-bond acceptors (Lipinski definition) is 5. The zero-order valence-electron chi connectivity index (χ0n) is 14.9. The van der Waals surface area contributed by atoms with Crippen LogP contribution in [0, 0.1) is 0 Å². The number of hydrogen-bond donors (Lipinski definition) is 2. The van der Waals surface area contributed by atoms with Crippen molar-refractivity contribution in [3.63, 3.8) is 0 Å². The minimum atomic E-state index is -0.223. The molecule has 1 aliphatic rings. The summed E-state index contributed by atoms with van der Waals surface area (Å²) in [5.41, 5.74) is 1.06. The number of rotatable bonds is 7. The Bertz CT molecular complexity index is 502. The topological polar surface area (TPSA) is 69.7 Å². The minimum absolute atomic E-state index is 0.223. The minimum Gasteiger partial charge on any atom is -0.378 e. The zero-order chi connectivity index (χ0) is 17.4. The first-order valence-corrected chi connectivity index (χ1v) is 8.64. The van der Waals surface area contributed by atoms with Crippen LogP contribution in [0.2, 0.25) is 0 Å². The highest BCUT2D eigenvalue weighted by Crippen LogP contribution is 2.16. The summed E-state index contributed by atoms with van der Waals surface area (Å²) in [4.78, 5) is 20.7. The number of nitrogens with zero attached hydrogens (tertiary/aromatic N) is 3. The van der Waals surface area contributed by atoms with Crippen molar-refractivity contribution in [1.29, 1.82) is 0 Å². The molecule has 2 N–H and O–H groups in total. The first-order valence-electron chi connectivity index (χ1n) is 8.64. The number of ether oxygens (including phenoxy) is 1. The monoisotopic (exact) mass is 335 g/mol. The number of carbonyl (C=O) groups is 1. The lowest BCUT2D eigenvalue weighted by molar-refractivity contribution is 0.122. The molecule has 2 amide bonds. The molecule has 0 radical (unpaired) electrons. The molecule has 0 aromatic carbocycles. The fraction of sp³-hybridized carbons (Fsp3) is 0.647. The van der Waals surface area contributed by atoms with E-state index in [1.165, 1.54) is 0 Å². The number of morpholine rings is 1. The molecular weight excluding hydrogens is 306 g/mol. The van der Waals surface area contributed by atoms with E-state index in [1.54, 1.807) is 6.20 Å². The van der Waals surface area contributed by atoms with Crippen LogP contribution in [-0.2, 0) is 4.74 Å². The van der Waals surface area contributed by atoms with E-state index in [9.17, 15) is 4.79 Å². The van der Waals surface area contributed by atoms with E-state index >= 15 is 0 Å². The fourth-order valence-corrected chi connectivity index (χ4v) is 2.51. The molecule has 7 heteroatoms. The molecule has 1 saturated heterocycles. The van der Waals surface area contributed by atoms with Crippen molar-refractivity contribution in [3.8, 4) is 0 Å². The number of nitrogens with one attached hydrogen (secondary N) is 2. The van der Waals surface area contributed by atoms with E-state index in [1.807, 2.05) is 12.1 Å². The van der Waals surface area contributed by atoms with Crippen molar-refractivity contribution in [3.05, 3.63) is 18.3 Å². The third kappa shape index (κ3) is 5.65. The van der Waals surface area contributed by atoms with Crippen LogP contribution in [0.3, 0.4) is 0 Å². The maximum Gasteiger partial charge on any atom is 0.320 e. The van der Waals surface area contributed by atoms with Crippen LogP contribution in [-0.4, -0.2) is 68.4 Å². The van der Waals surface area contributed by atoms with Gasteiger partial charge in [0.05, 0.1) is 25.1 Å². The molecular formula is C17H29N5O2. The summed E-state index contributed by atoms with van der Waals surface area (Å²) in [5, 5.41) is 5.63. The van der Waals surface area contributed by atoms with Gasteiger partial charge in [-0.3, -0.25) is 5.32 Å². The number of likely N-dealkylation sites (N-methyl/N-ethyl adjacent to an activating group) is 1. The summed E-state index contributed by atoms with van der Waals surface area (Å²) in [6, 6.07) is 4.10. The predicted molar refractivity (Wildman–Crippen MR) is 96.7 cm³/mol. The van der Waals surface area contributed by atoms with Crippen LogP contribution in [0.5, 0.6) is 0 Å². The second-order valence-electron chi connectivity index (χ2n) is 6.12. The van der Waals surface area contributed by atoms with Crippen molar-refractivity contribution < 1.29 is 9.53 Å². The first kappa shape index (κ1) is 18.5. The van der Waals surface area contributed by atoms with Gasteiger partial charge < -0.3 is 19.9 Å². The van der Waals surface area contributed by atoms with Gasteiger partial charge in [-0.2, -0.15) is 0 Å². The van der Waals surface area contributed by atoms with E-state index in [4.69, 9.17) is 4.74 Å². The summed E-state index contributed by atoms with van der Waals surface area (Å²) in [7, 11) is 2.07. The maximum absolute atomic E-state index is 11.9. The van der Waals surface area contributed by atoms with Crippen LogP contribution in [0.1, 0.15) is 20.3 Å². The van der Waals surface area contributed by atoms with Gasteiger partial charge in [0.25, 0.3) is 0 Å². The molecule has 2 rings (SSSR count). The number of carbonyl (C=O) groups excluding carboxylic acids is 1. The molecule has 134 valence electrons. The Kier molecular flexibility index (Phi) is 7.27. The summed E-state index contributed by atoms with van der Waals surface area (Å²) in [6.45, 7) is 9.01. The van der Waals surface area contributed by atoms with E-state index in [0.717, 1.165) is 45.0 Å². The van der Waals surface area contributed by atoms with Gasteiger partial charge in [0.1, 0.15) is 5.82 Å². The van der Waals surface area contributed by atoms with E-state index in [-0.39, 0.29) is 6.03 Å². The Hall–Kier alpha value is -1.86. The molecule has 0 bridgehead atoms. The molecule has 1 aromatic rings. The molecule has 1 fully saturated rings. The largest absolute Gasteiger partial charge is 0.378 e. The third-order valence-electron chi connectivity index (χ3n) is 4.46. The van der Waals surface area contributed by atoms with Gasteiger partial charge in [-0.15, -0.1) is 0 Å². The van der Waals surface area contributed by atoms with Gasteiger partial charge in [0.15, 0.2) is 0 Å². The van der Waals surface area contributed by atoms with Gasteiger partial charge in [-0.25, -0.2) is 9.78 Å². The summed E-state index contributed by atoms with van der Waals surface area (Å²) < 4.78 is 5.34. The smallest absolute Gasteiger partial charge is 0.320 e. The van der Waals surface area contributed by atoms with E-state index < -0.39 is 0 Å². The molecule has 2 heterocycles. The number of urea groups is 1. The van der Waals surface area contributed by atoms with Crippen LogP contribution >= 0.6 is 0 Å². The van der Waals surface area contributed by atoms with Gasteiger partial charge in [0, 0.05) is 32.2 Å². The number of pyridine rings is 1. The Morgan fingerprint density at radius 2 is 2.17 bits per heavy atom. The Balaban J connectivity index is 1.73. The molecule has 1 unspecified atom stereocenters. The van der Waals surface area contributed by atoms with Crippen LogP contribution in [0.25, 0.3) is 0 Å². The highest BCUT2D eigenvalue weighted by molar-refractivity contribution is 5.88. The standard InChI is InChI=1S/C17H29N5O2/c1-4-14(2)21(3)8-7-18-17(23)20-16-6-5-15(13-19-16)22-9-11-24-12-10-22/h5-6,13-14H,4,7-12H2,1-3H3,(H2,18,19,20,23). The van der Waals surface area contributed by atoms with Crippen LogP contribution in [0.4, 0.5) is 16.3 Å². The van der Waals surface area contributed by atoms with Gasteiger partial charge in [-0.05, 0) is 32.5 Å². The number of anilines is 2. The first-order chi connectivity index (χ1) is 11.6. The normalized spacial score (nSPS) is 16.1. The summed E-state index contributed by atoms with van der Waals surface area (Å²) in [5.74, 6) is 0.555. The molecule has 0 saturated carbocycles. The van der Waals surface area contributed by atoms with Crippen molar-refractivity contribution in [2.75, 3.05) is 56.7 Å². The van der Waals surface area contributed by atoms with Crippen LogP contribution in [0.15, 0.2) is 18.3 Å². The maximum atomic E-state index is 11.9. The fourth-order valence-electron chi connectivity index (χ4n) is 2.51. The van der Waals surface area contributed by atoms with E-state index in [0.29, 0.717) is 18.4 Å². The highest BCUT2D eigenvalue weighted by Gasteiger charge is 2.12. The Labute approximate surface area is 144 Å². The Morgan fingerprint density at radius 3 is 2.79 bits per heavy atom. The summed E-state index contributed by atoms with van der Waals surface area (Å²) >= 11 is 0. The SMILES string of the molecule is CCC(C)N(C)CCNC(=O)Nc1ccc(N2CCOCC2)cn1. The van der Waals surface area contributed by atoms with Crippen molar-refractivity contribution in [2.24, 2.45) is 0 Å². The molecule has 1 aliphatic heterocycles. The molecule has 7 nitrogen and oxygen atoms in total. The molecule has 1 aromatic heterocycles. The number of aromatic nitrogens is 1. The Morgan fingerprint density at radius 1 is 1.42 bits per heavy atom. The summed E-state index contributed by atoms with van der Waals surface area (Å²) in [6.07, 6.45) is 2.89. The lowest BCUT2D eigenvalue weighted by atomic mass is 10.2. The third-order valence-corrected chi connectivity index (χ3v) is 4.46. The van der Waals surface area contributed by atoms with Gasteiger partial charge >= 0.3 is 6.03 Å². The average molecular weight is 335 g/mol. The van der Waals surface area contributed by atoms with Crippen molar-refractivity contribution >= 4 is 17.5 Å². The quantitative estimate of drug-likeness (QED) is 0.795. The number of amides is 2. The second-order valence-corrected chi connectivity index (χ2v) is 6.12. The molecule has 1 atom stereocenters.